The fourth-order valence-corrected chi connectivity index (χ4v) is 4.05. The molecule has 0 amide bonds. The van der Waals surface area contributed by atoms with Crippen molar-refractivity contribution in [3.8, 4) is 0 Å². The van der Waals surface area contributed by atoms with Crippen LogP contribution in [0, 0.1) is 5.92 Å². The Bertz CT molecular complexity index is 421. The first-order chi connectivity index (χ1) is 9.08. The minimum Gasteiger partial charge on any atom is -0.327 e. The first-order valence-electron chi connectivity index (χ1n) is 7.32. The lowest BCUT2D eigenvalue weighted by atomic mass is 10.0. The highest BCUT2D eigenvalue weighted by atomic mass is 32.2. The molecule has 2 rings (SSSR count). The fourth-order valence-electron chi connectivity index (χ4n) is 2.80. The van der Waals surface area contributed by atoms with Crippen molar-refractivity contribution in [2.75, 3.05) is 5.75 Å². The van der Waals surface area contributed by atoms with Gasteiger partial charge in [0, 0.05) is 16.7 Å². The summed E-state index contributed by atoms with van der Waals surface area (Å²) < 4.78 is 12.3. The molecule has 2 N–H and O–H groups in total. The van der Waals surface area contributed by atoms with Crippen LogP contribution < -0.4 is 5.73 Å². The van der Waals surface area contributed by atoms with Gasteiger partial charge in [-0.05, 0) is 42.4 Å². The molecule has 0 radical (unpaired) electrons. The molecule has 0 aliphatic heterocycles. The molecule has 0 aromatic heterocycles. The molecule has 1 aliphatic carbocycles. The molecule has 3 heteroatoms. The summed E-state index contributed by atoms with van der Waals surface area (Å²) in [5, 5.41) is 0. The molecule has 1 aromatic rings. The van der Waals surface area contributed by atoms with Gasteiger partial charge in [-0.25, -0.2) is 0 Å². The molecule has 2 unspecified atom stereocenters. The van der Waals surface area contributed by atoms with Crippen molar-refractivity contribution in [3.05, 3.63) is 29.8 Å². The van der Waals surface area contributed by atoms with Crippen molar-refractivity contribution < 1.29 is 4.21 Å². The number of benzene rings is 1. The molecule has 0 bridgehead atoms. The van der Waals surface area contributed by atoms with E-state index in [1.807, 2.05) is 12.1 Å². The predicted molar refractivity (Wildman–Crippen MR) is 81.7 cm³/mol. The van der Waals surface area contributed by atoms with E-state index in [0.29, 0.717) is 17.6 Å². The maximum atomic E-state index is 12.3. The highest BCUT2D eigenvalue weighted by molar-refractivity contribution is 7.85. The van der Waals surface area contributed by atoms with Gasteiger partial charge in [-0.3, -0.25) is 4.21 Å². The lowest BCUT2D eigenvalue weighted by Crippen LogP contribution is -2.34. The molecule has 0 spiro atoms. The van der Waals surface area contributed by atoms with E-state index in [2.05, 4.69) is 26.0 Å². The van der Waals surface area contributed by atoms with Gasteiger partial charge in [-0.15, -0.1) is 0 Å². The van der Waals surface area contributed by atoms with Crippen LogP contribution in [0.5, 0.6) is 0 Å². The Balaban J connectivity index is 1.95. The van der Waals surface area contributed by atoms with Gasteiger partial charge in [0.2, 0.25) is 0 Å². The minimum atomic E-state index is -0.956. The molecular formula is C16H25NOS. The van der Waals surface area contributed by atoms with Crippen LogP contribution in [0.2, 0.25) is 0 Å². The van der Waals surface area contributed by atoms with Crippen LogP contribution in [0.25, 0.3) is 0 Å². The van der Waals surface area contributed by atoms with Crippen molar-refractivity contribution in [1.82, 2.24) is 0 Å². The summed E-state index contributed by atoms with van der Waals surface area (Å²) in [7, 11) is -0.956. The van der Waals surface area contributed by atoms with Crippen molar-refractivity contribution in [3.63, 3.8) is 0 Å². The SMILES string of the molecule is CC(C)c1ccc(S(=O)CC(N)C2CCCC2)cc1. The van der Waals surface area contributed by atoms with Crippen LogP contribution in [0.15, 0.2) is 29.2 Å². The van der Waals surface area contributed by atoms with Crippen LogP contribution in [0.1, 0.15) is 51.0 Å². The average Bonchev–Trinajstić information content (AvgIpc) is 2.92. The molecule has 0 heterocycles. The summed E-state index contributed by atoms with van der Waals surface area (Å²) in [5.74, 6) is 1.70. The van der Waals surface area contributed by atoms with Gasteiger partial charge >= 0.3 is 0 Å². The summed E-state index contributed by atoms with van der Waals surface area (Å²) in [6, 6.07) is 8.24. The van der Waals surface area contributed by atoms with E-state index < -0.39 is 10.8 Å². The minimum absolute atomic E-state index is 0.0908. The quantitative estimate of drug-likeness (QED) is 0.897. The van der Waals surface area contributed by atoms with E-state index in [1.165, 1.54) is 31.2 Å². The Hall–Kier alpha value is -0.670. The van der Waals surface area contributed by atoms with Crippen LogP contribution in [-0.4, -0.2) is 16.0 Å². The largest absolute Gasteiger partial charge is 0.327 e. The second kappa shape index (κ2) is 6.67. The standard InChI is InChI=1S/C16H25NOS/c1-12(2)13-7-9-15(10-8-13)19(18)11-16(17)14-5-3-4-6-14/h7-10,12,14,16H,3-6,11,17H2,1-2H3. The van der Waals surface area contributed by atoms with E-state index in [9.17, 15) is 4.21 Å². The number of hydrogen-bond donors (Lipinski definition) is 1. The molecule has 0 saturated heterocycles. The van der Waals surface area contributed by atoms with Crippen LogP contribution in [-0.2, 0) is 10.8 Å². The number of hydrogen-bond acceptors (Lipinski definition) is 2. The first-order valence-corrected chi connectivity index (χ1v) is 8.63. The third-order valence-electron chi connectivity index (χ3n) is 4.16. The molecule has 106 valence electrons. The van der Waals surface area contributed by atoms with E-state index in [-0.39, 0.29) is 6.04 Å². The van der Waals surface area contributed by atoms with E-state index in [0.717, 1.165) is 4.90 Å². The number of rotatable bonds is 5. The zero-order chi connectivity index (χ0) is 13.8. The second-order valence-corrected chi connectivity index (χ2v) is 7.44. The maximum Gasteiger partial charge on any atom is 0.0545 e. The van der Waals surface area contributed by atoms with Crippen molar-refractivity contribution in [2.24, 2.45) is 11.7 Å². The molecule has 1 fully saturated rings. The summed E-state index contributed by atoms with van der Waals surface area (Å²) in [5.41, 5.74) is 7.49. The van der Waals surface area contributed by atoms with Gasteiger partial charge < -0.3 is 5.73 Å². The Morgan fingerprint density at radius 1 is 1.21 bits per heavy atom. The Morgan fingerprint density at radius 3 is 2.32 bits per heavy atom. The fraction of sp³-hybridized carbons (Fsp3) is 0.625. The van der Waals surface area contributed by atoms with Gasteiger partial charge in [-0.1, -0.05) is 38.8 Å². The Kier molecular flexibility index (Phi) is 5.17. The molecule has 2 nitrogen and oxygen atoms in total. The van der Waals surface area contributed by atoms with Crippen molar-refractivity contribution in [2.45, 2.75) is 56.4 Å². The van der Waals surface area contributed by atoms with Gasteiger partial charge in [-0.2, -0.15) is 0 Å². The van der Waals surface area contributed by atoms with Gasteiger partial charge in [0.15, 0.2) is 0 Å². The molecular weight excluding hydrogens is 254 g/mol. The summed E-state index contributed by atoms with van der Waals surface area (Å²) in [6.45, 7) is 4.34. The first kappa shape index (κ1) is 14.7. The third kappa shape index (κ3) is 3.90. The van der Waals surface area contributed by atoms with Crippen LogP contribution in [0.3, 0.4) is 0 Å². The molecule has 1 aromatic carbocycles. The normalized spacial score (nSPS) is 19.8. The molecule has 1 saturated carbocycles. The maximum absolute atomic E-state index is 12.3. The monoisotopic (exact) mass is 279 g/mol. The second-order valence-electron chi connectivity index (χ2n) is 5.94. The third-order valence-corrected chi connectivity index (χ3v) is 5.64. The van der Waals surface area contributed by atoms with Crippen molar-refractivity contribution >= 4 is 10.8 Å². The average molecular weight is 279 g/mol. The summed E-state index contributed by atoms with van der Waals surface area (Å²) >= 11 is 0. The summed E-state index contributed by atoms with van der Waals surface area (Å²) in [6.07, 6.45) is 5.00. The van der Waals surface area contributed by atoms with E-state index in [1.54, 1.807) is 0 Å². The van der Waals surface area contributed by atoms with Crippen LogP contribution >= 0.6 is 0 Å². The zero-order valence-corrected chi connectivity index (χ0v) is 12.8. The lowest BCUT2D eigenvalue weighted by Gasteiger charge is -2.18. The number of nitrogens with two attached hydrogens (primary N) is 1. The van der Waals surface area contributed by atoms with Gasteiger partial charge in [0.05, 0.1) is 10.8 Å². The van der Waals surface area contributed by atoms with Gasteiger partial charge in [0.1, 0.15) is 0 Å². The van der Waals surface area contributed by atoms with E-state index >= 15 is 0 Å². The smallest absolute Gasteiger partial charge is 0.0545 e. The Labute approximate surface area is 119 Å². The zero-order valence-electron chi connectivity index (χ0n) is 12.0. The highest BCUT2D eigenvalue weighted by Gasteiger charge is 2.23. The summed E-state index contributed by atoms with van der Waals surface area (Å²) in [4.78, 5) is 0.915. The molecule has 1 aliphatic rings. The Morgan fingerprint density at radius 2 is 1.79 bits per heavy atom. The topological polar surface area (TPSA) is 43.1 Å². The lowest BCUT2D eigenvalue weighted by molar-refractivity contribution is 0.460. The van der Waals surface area contributed by atoms with Gasteiger partial charge in [0.25, 0.3) is 0 Å². The highest BCUT2D eigenvalue weighted by Crippen LogP contribution is 2.27. The van der Waals surface area contributed by atoms with Crippen molar-refractivity contribution in [1.29, 1.82) is 0 Å². The predicted octanol–water partition coefficient (Wildman–Crippen LogP) is 3.44. The molecule has 19 heavy (non-hydrogen) atoms. The van der Waals surface area contributed by atoms with E-state index in [4.69, 9.17) is 5.73 Å². The van der Waals surface area contributed by atoms with Crippen LogP contribution in [0.4, 0.5) is 0 Å². The molecule has 2 atom stereocenters.